The third-order valence-electron chi connectivity index (χ3n) is 3.72. The third kappa shape index (κ3) is 3.67. The Labute approximate surface area is 113 Å². The second kappa shape index (κ2) is 6.86. The van der Waals surface area contributed by atoms with E-state index in [1.54, 1.807) is 4.90 Å². The van der Waals surface area contributed by atoms with Crippen LogP contribution in [-0.4, -0.2) is 62.3 Å². The highest BCUT2D eigenvalue weighted by atomic mass is 16.5. The average molecular weight is 270 g/mol. The Morgan fingerprint density at radius 1 is 1.42 bits per heavy atom. The predicted octanol–water partition coefficient (Wildman–Crippen LogP) is -0.0810. The first-order valence-electron chi connectivity index (χ1n) is 6.91. The van der Waals surface area contributed by atoms with Crippen molar-refractivity contribution in [3.63, 3.8) is 0 Å². The quantitative estimate of drug-likeness (QED) is 0.727. The molecule has 2 heterocycles. The van der Waals surface area contributed by atoms with E-state index >= 15 is 0 Å². The number of methoxy groups -OCH3 is 1. The maximum Gasteiger partial charge on any atom is 0.328 e. The van der Waals surface area contributed by atoms with E-state index in [-0.39, 0.29) is 17.9 Å². The summed E-state index contributed by atoms with van der Waals surface area (Å²) in [4.78, 5) is 25.7. The number of amides is 1. The van der Waals surface area contributed by atoms with Crippen molar-refractivity contribution in [2.45, 2.75) is 37.8 Å². The van der Waals surface area contributed by atoms with Gasteiger partial charge in [0.1, 0.15) is 6.04 Å². The van der Waals surface area contributed by atoms with E-state index in [4.69, 9.17) is 9.47 Å². The van der Waals surface area contributed by atoms with Crippen LogP contribution < -0.4 is 5.32 Å². The molecule has 0 spiro atoms. The first-order valence-corrected chi connectivity index (χ1v) is 6.91. The van der Waals surface area contributed by atoms with Crippen LogP contribution in [0.2, 0.25) is 0 Å². The summed E-state index contributed by atoms with van der Waals surface area (Å²) in [5.74, 6) is -0.293. The van der Waals surface area contributed by atoms with Gasteiger partial charge in [0.15, 0.2) is 0 Å². The minimum absolute atomic E-state index is 0.0121. The van der Waals surface area contributed by atoms with E-state index in [1.807, 2.05) is 0 Å². The molecule has 6 heteroatoms. The normalized spacial score (nSPS) is 27.9. The molecule has 1 N–H and O–H groups in total. The molecule has 19 heavy (non-hydrogen) atoms. The summed E-state index contributed by atoms with van der Waals surface area (Å²) in [6, 6.07) is -0.350. The molecule has 0 aliphatic carbocycles. The zero-order chi connectivity index (χ0) is 13.7. The van der Waals surface area contributed by atoms with Gasteiger partial charge in [-0.25, -0.2) is 4.79 Å². The standard InChI is InChI=1S/C13H22N2O4/c1-18-13(17)11-4-2-3-6-15(11)12(16)8-10-9-19-7-5-14-10/h10-11,14H,2-9H2,1H3. The molecule has 0 saturated carbocycles. The molecule has 6 nitrogen and oxygen atoms in total. The minimum Gasteiger partial charge on any atom is -0.467 e. The Morgan fingerprint density at radius 2 is 2.26 bits per heavy atom. The summed E-state index contributed by atoms with van der Waals surface area (Å²) in [6.45, 7) is 2.67. The summed E-state index contributed by atoms with van der Waals surface area (Å²) in [7, 11) is 1.37. The molecule has 2 rings (SSSR count). The van der Waals surface area contributed by atoms with Crippen LogP contribution in [0.15, 0.2) is 0 Å². The van der Waals surface area contributed by atoms with E-state index in [1.165, 1.54) is 7.11 Å². The first kappa shape index (κ1) is 14.3. The van der Waals surface area contributed by atoms with Crippen molar-refractivity contribution >= 4 is 11.9 Å². The number of ether oxygens (including phenoxy) is 2. The number of hydrogen-bond donors (Lipinski definition) is 1. The molecule has 2 saturated heterocycles. The van der Waals surface area contributed by atoms with Crippen molar-refractivity contribution in [1.29, 1.82) is 0 Å². The summed E-state index contributed by atoms with van der Waals surface area (Å²) in [5.41, 5.74) is 0. The number of carbonyl (C=O) groups is 2. The molecule has 0 aromatic carbocycles. The number of morpholine rings is 1. The highest BCUT2D eigenvalue weighted by molar-refractivity contribution is 5.85. The Morgan fingerprint density at radius 3 is 2.95 bits per heavy atom. The van der Waals surface area contributed by atoms with Crippen LogP contribution in [0, 0.1) is 0 Å². The Hall–Kier alpha value is -1.14. The highest BCUT2D eigenvalue weighted by Gasteiger charge is 2.33. The van der Waals surface area contributed by atoms with Crippen LogP contribution in [0.1, 0.15) is 25.7 Å². The molecule has 1 amide bonds. The molecule has 0 aromatic rings. The molecule has 2 atom stereocenters. The second-order valence-electron chi connectivity index (χ2n) is 5.05. The second-order valence-corrected chi connectivity index (χ2v) is 5.05. The number of piperidine rings is 1. The maximum atomic E-state index is 12.3. The summed E-state index contributed by atoms with van der Waals surface area (Å²) in [5, 5.41) is 3.26. The number of carbonyl (C=O) groups excluding carboxylic acids is 2. The smallest absolute Gasteiger partial charge is 0.328 e. The molecule has 108 valence electrons. The average Bonchev–Trinajstić information content (AvgIpc) is 2.47. The van der Waals surface area contributed by atoms with E-state index in [0.29, 0.717) is 32.6 Å². The number of nitrogens with zero attached hydrogens (tertiary/aromatic N) is 1. The molecule has 0 bridgehead atoms. The lowest BCUT2D eigenvalue weighted by atomic mass is 10.0. The number of likely N-dealkylation sites (tertiary alicyclic amines) is 1. The summed E-state index contributed by atoms with van der Waals surface area (Å²) < 4.78 is 10.1. The van der Waals surface area contributed by atoms with Gasteiger partial charge in [0.2, 0.25) is 5.91 Å². The molecular formula is C13H22N2O4. The van der Waals surface area contributed by atoms with E-state index in [2.05, 4.69) is 5.32 Å². The van der Waals surface area contributed by atoms with E-state index in [0.717, 1.165) is 19.4 Å². The van der Waals surface area contributed by atoms with Gasteiger partial charge in [-0.15, -0.1) is 0 Å². The first-order chi connectivity index (χ1) is 9.22. The van der Waals surface area contributed by atoms with Gasteiger partial charge in [-0.05, 0) is 19.3 Å². The van der Waals surface area contributed by atoms with E-state index in [9.17, 15) is 9.59 Å². The molecule has 2 fully saturated rings. The van der Waals surface area contributed by atoms with E-state index < -0.39 is 6.04 Å². The fourth-order valence-electron chi connectivity index (χ4n) is 2.69. The number of nitrogens with one attached hydrogen (secondary N) is 1. The van der Waals surface area contributed by atoms with Crippen molar-refractivity contribution in [1.82, 2.24) is 10.2 Å². The zero-order valence-corrected chi connectivity index (χ0v) is 11.4. The molecular weight excluding hydrogens is 248 g/mol. The van der Waals surface area contributed by atoms with Crippen molar-refractivity contribution < 1.29 is 19.1 Å². The molecule has 2 unspecified atom stereocenters. The Bertz CT molecular complexity index is 329. The van der Waals surface area contributed by atoms with Gasteiger partial charge < -0.3 is 19.7 Å². The van der Waals surface area contributed by atoms with Crippen LogP contribution in [-0.2, 0) is 19.1 Å². The van der Waals surface area contributed by atoms with Crippen molar-refractivity contribution in [2.75, 3.05) is 33.4 Å². The molecule has 2 aliphatic rings. The lowest BCUT2D eigenvalue weighted by Gasteiger charge is -2.35. The molecule has 0 radical (unpaired) electrons. The monoisotopic (exact) mass is 270 g/mol. The topological polar surface area (TPSA) is 67.9 Å². The third-order valence-corrected chi connectivity index (χ3v) is 3.72. The minimum atomic E-state index is -0.407. The number of rotatable bonds is 3. The zero-order valence-electron chi connectivity index (χ0n) is 11.4. The summed E-state index contributed by atoms with van der Waals surface area (Å²) in [6.07, 6.45) is 3.00. The van der Waals surface area contributed by atoms with Gasteiger partial charge in [0, 0.05) is 25.6 Å². The summed E-state index contributed by atoms with van der Waals surface area (Å²) >= 11 is 0. The Kier molecular flexibility index (Phi) is 5.15. The lowest BCUT2D eigenvalue weighted by molar-refractivity contribution is -0.155. The number of hydrogen-bond acceptors (Lipinski definition) is 5. The van der Waals surface area contributed by atoms with Gasteiger partial charge in [-0.3, -0.25) is 4.79 Å². The maximum absolute atomic E-state index is 12.3. The van der Waals surface area contributed by atoms with Crippen LogP contribution in [0.5, 0.6) is 0 Å². The van der Waals surface area contributed by atoms with Crippen molar-refractivity contribution in [3.8, 4) is 0 Å². The van der Waals surface area contributed by atoms with Crippen molar-refractivity contribution in [2.24, 2.45) is 0 Å². The van der Waals surface area contributed by atoms with Crippen LogP contribution >= 0.6 is 0 Å². The van der Waals surface area contributed by atoms with Gasteiger partial charge in [-0.2, -0.15) is 0 Å². The van der Waals surface area contributed by atoms with Crippen LogP contribution in [0.3, 0.4) is 0 Å². The van der Waals surface area contributed by atoms with Gasteiger partial charge >= 0.3 is 5.97 Å². The van der Waals surface area contributed by atoms with Crippen LogP contribution in [0.4, 0.5) is 0 Å². The predicted molar refractivity (Wildman–Crippen MR) is 68.6 cm³/mol. The Balaban J connectivity index is 1.92. The molecule has 0 aromatic heterocycles. The SMILES string of the molecule is COC(=O)C1CCCCN1C(=O)CC1COCCN1. The van der Waals surface area contributed by atoms with Gasteiger partial charge in [0.05, 0.1) is 20.3 Å². The fraction of sp³-hybridized carbons (Fsp3) is 0.846. The van der Waals surface area contributed by atoms with Crippen molar-refractivity contribution in [3.05, 3.63) is 0 Å². The molecule has 2 aliphatic heterocycles. The highest BCUT2D eigenvalue weighted by Crippen LogP contribution is 2.19. The fourth-order valence-corrected chi connectivity index (χ4v) is 2.69. The number of esters is 1. The van der Waals surface area contributed by atoms with Gasteiger partial charge in [-0.1, -0.05) is 0 Å². The van der Waals surface area contributed by atoms with Crippen LogP contribution in [0.25, 0.3) is 0 Å². The largest absolute Gasteiger partial charge is 0.467 e. The van der Waals surface area contributed by atoms with Gasteiger partial charge in [0.25, 0.3) is 0 Å². The lowest BCUT2D eigenvalue weighted by Crippen LogP contribution is -2.51.